The van der Waals surface area contributed by atoms with Gasteiger partial charge in [0.2, 0.25) is 0 Å². The molecule has 1 unspecified atom stereocenters. The first kappa shape index (κ1) is 19.9. The highest BCUT2D eigenvalue weighted by atomic mass is 32.2. The average molecular weight is 358 g/mol. The van der Waals surface area contributed by atoms with Crippen molar-refractivity contribution in [2.24, 2.45) is 16.5 Å². The van der Waals surface area contributed by atoms with Crippen molar-refractivity contribution < 1.29 is 22.9 Å². The Bertz CT molecular complexity index is 659. The van der Waals surface area contributed by atoms with E-state index in [0.717, 1.165) is 0 Å². The summed E-state index contributed by atoms with van der Waals surface area (Å²) in [7, 11) is -4.39. The van der Waals surface area contributed by atoms with Gasteiger partial charge in [0.25, 0.3) is 10.1 Å². The molecular formula is C14H22N4O5S. The molecule has 0 aromatic heterocycles. The van der Waals surface area contributed by atoms with E-state index in [0.29, 0.717) is 12.0 Å². The van der Waals surface area contributed by atoms with Crippen molar-refractivity contribution in [2.75, 3.05) is 13.1 Å². The molecule has 0 saturated carbocycles. The van der Waals surface area contributed by atoms with Crippen molar-refractivity contribution in [3.8, 4) is 0 Å². The summed E-state index contributed by atoms with van der Waals surface area (Å²) in [6, 6.07) is 7.10. The predicted molar refractivity (Wildman–Crippen MR) is 90.1 cm³/mol. The van der Waals surface area contributed by atoms with Crippen LogP contribution in [0.15, 0.2) is 35.3 Å². The first-order chi connectivity index (χ1) is 11.2. The van der Waals surface area contributed by atoms with Gasteiger partial charge in [-0.2, -0.15) is 8.42 Å². The maximum atomic E-state index is 11.6. The summed E-state index contributed by atoms with van der Waals surface area (Å²) in [6.45, 7) is 0.0380. The van der Waals surface area contributed by atoms with Gasteiger partial charge in [0.1, 0.15) is 11.3 Å². The molecule has 7 N–H and O–H groups in total. The predicted octanol–water partition coefficient (Wildman–Crippen LogP) is -0.288. The van der Waals surface area contributed by atoms with Crippen LogP contribution in [0.1, 0.15) is 23.7 Å². The summed E-state index contributed by atoms with van der Waals surface area (Å²) >= 11 is 0. The van der Waals surface area contributed by atoms with Crippen LogP contribution >= 0.6 is 0 Å². The Labute approximate surface area is 140 Å². The van der Waals surface area contributed by atoms with Crippen LogP contribution in [-0.2, 0) is 14.9 Å². The maximum absolute atomic E-state index is 11.6. The maximum Gasteiger partial charge on any atom is 0.320 e. The van der Waals surface area contributed by atoms with Gasteiger partial charge in [-0.25, -0.2) is 0 Å². The molecular weight excluding hydrogens is 336 g/mol. The van der Waals surface area contributed by atoms with Crippen LogP contribution in [0, 0.1) is 0 Å². The summed E-state index contributed by atoms with van der Waals surface area (Å²) < 4.78 is 32.5. The van der Waals surface area contributed by atoms with Crippen molar-refractivity contribution in [3.05, 3.63) is 35.9 Å². The lowest BCUT2D eigenvalue weighted by molar-refractivity contribution is -0.139. The zero-order valence-electron chi connectivity index (χ0n) is 13.0. The van der Waals surface area contributed by atoms with E-state index in [4.69, 9.17) is 11.5 Å². The van der Waals surface area contributed by atoms with Gasteiger partial charge < -0.3 is 21.9 Å². The number of carboxylic acid groups (broad SMARTS) is 1. The fourth-order valence-electron chi connectivity index (χ4n) is 2.13. The zero-order valence-corrected chi connectivity index (χ0v) is 13.8. The zero-order chi connectivity index (χ0) is 18.2. The summed E-state index contributed by atoms with van der Waals surface area (Å²) in [5, 5.41) is 10.6. The number of hydrogen-bond donors (Lipinski definition) is 5. The number of benzene rings is 1. The third kappa shape index (κ3) is 6.94. The summed E-state index contributed by atoms with van der Waals surface area (Å²) in [5.41, 5.74) is 10.7. The highest BCUT2D eigenvalue weighted by molar-refractivity contribution is 7.86. The Kier molecular flexibility index (Phi) is 7.62. The van der Waals surface area contributed by atoms with E-state index in [1.165, 1.54) is 0 Å². The Hall–Kier alpha value is -2.17. The first-order valence-electron chi connectivity index (χ1n) is 7.24. The third-order valence-electron chi connectivity index (χ3n) is 3.32. The number of hydrogen-bond acceptors (Lipinski definition) is 5. The molecule has 10 heteroatoms. The lowest BCUT2D eigenvalue weighted by atomic mass is 10.1. The van der Waals surface area contributed by atoms with Gasteiger partial charge in [0.15, 0.2) is 5.96 Å². The fraction of sp³-hybridized carbons (Fsp3) is 0.429. The van der Waals surface area contributed by atoms with Crippen molar-refractivity contribution in [1.82, 2.24) is 5.32 Å². The quantitative estimate of drug-likeness (QED) is 0.164. The van der Waals surface area contributed by atoms with Crippen LogP contribution in [0.25, 0.3) is 0 Å². The molecule has 0 aliphatic heterocycles. The number of aliphatic carboxylic acids is 1. The minimum absolute atomic E-state index is 0.0784. The van der Waals surface area contributed by atoms with Crippen LogP contribution in [-0.4, -0.2) is 49.1 Å². The van der Waals surface area contributed by atoms with E-state index in [1.807, 2.05) is 0 Å². The Balaban J connectivity index is 2.72. The average Bonchev–Trinajstić information content (AvgIpc) is 2.48. The first-order valence-corrected chi connectivity index (χ1v) is 8.75. The number of nitrogens with zero attached hydrogens (tertiary/aromatic N) is 1. The molecule has 0 radical (unpaired) electrons. The minimum atomic E-state index is -4.39. The van der Waals surface area contributed by atoms with Crippen molar-refractivity contribution in [1.29, 1.82) is 0 Å². The van der Waals surface area contributed by atoms with E-state index in [-0.39, 0.29) is 25.5 Å². The van der Waals surface area contributed by atoms with Crippen molar-refractivity contribution >= 4 is 22.0 Å². The van der Waals surface area contributed by atoms with E-state index >= 15 is 0 Å². The summed E-state index contributed by atoms with van der Waals surface area (Å²) in [4.78, 5) is 15.0. The molecule has 9 nitrogen and oxygen atoms in total. The second-order valence-corrected chi connectivity index (χ2v) is 6.76. The molecule has 0 fully saturated rings. The number of guanidine groups is 1. The number of rotatable bonds is 10. The molecule has 0 amide bonds. The van der Waals surface area contributed by atoms with Crippen LogP contribution in [0.4, 0.5) is 0 Å². The van der Waals surface area contributed by atoms with Gasteiger partial charge in [-0.05, 0) is 18.4 Å². The Morgan fingerprint density at radius 2 is 1.88 bits per heavy atom. The number of carbonyl (C=O) groups is 1. The van der Waals surface area contributed by atoms with Gasteiger partial charge in [-0.15, -0.1) is 0 Å². The SMILES string of the molecule is NC(N)=NCCC[C@H](NCC(c1ccccc1)S(=O)(=O)O)C(=O)O. The van der Waals surface area contributed by atoms with Crippen molar-refractivity contribution in [2.45, 2.75) is 24.1 Å². The number of carboxylic acids is 1. The van der Waals surface area contributed by atoms with E-state index in [9.17, 15) is 22.9 Å². The molecule has 0 bridgehead atoms. The third-order valence-corrected chi connectivity index (χ3v) is 4.48. The fourth-order valence-corrected chi connectivity index (χ4v) is 2.94. The summed E-state index contributed by atoms with van der Waals surface area (Å²) in [6.07, 6.45) is 0.614. The molecule has 0 saturated heterocycles. The molecule has 0 heterocycles. The van der Waals surface area contributed by atoms with Gasteiger partial charge in [-0.1, -0.05) is 30.3 Å². The summed E-state index contributed by atoms with van der Waals surface area (Å²) in [5.74, 6) is -1.20. The monoisotopic (exact) mass is 358 g/mol. The number of aliphatic imine (C=N–C) groups is 1. The van der Waals surface area contributed by atoms with E-state index in [1.54, 1.807) is 30.3 Å². The molecule has 0 aliphatic rings. The minimum Gasteiger partial charge on any atom is -0.480 e. The Morgan fingerprint density at radius 3 is 2.38 bits per heavy atom. The second-order valence-electron chi connectivity index (χ2n) is 5.16. The molecule has 2 atom stereocenters. The van der Waals surface area contributed by atoms with Gasteiger partial charge >= 0.3 is 5.97 Å². The second kappa shape index (κ2) is 9.21. The van der Waals surface area contributed by atoms with Crippen LogP contribution in [0.3, 0.4) is 0 Å². The topological polar surface area (TPSA) is 168 Å². The highest BCUT2D eigenvalue weighted by Gasteiger charge is 2.27. The van der Waals surface area contributed by atoms with E-state index in [2.05, 4.69) is 10.3 Å². The molecule has 1 aromatic rings. The van der Waals surface area contributed by atoms with Gasteiger partial charge in [0, 0.05) is 13.1 Å². The molecule has 1 aromatic carbocycles. The Morgan fingerprint density at radius 1 is 1.25 bits per heavy atom. The van der Waals surface area contributed by atoms with E-state index < -0.39 is 27.4 Å². The molecule has 134 valence electrons. The normalized spacial score (nSPS) is 13.9. The lowest BCUT2D eigenvalue weighted by Gasteiger charge is -2.19. The highest BCUT2D eigenvalue weighted by Crippen LogP contribution is 2.20. The number of nitrogens with two attached hydrogens (primary N) is 2. The standard InChI is InChI=1S/C14H22N4O5S/c15-14(16)17-8-4-7-11(13(19)20)18-9-12(24(21,22)23)10-5-2-1-3-6-10/h1-3,5-6,11-12,18H,4,7-9H2,(H,19,20)(H4,15,16,17)(H,21,22,23)/t11-,12?/m0/s1. The smallest absolute Gasteiger partial charge is 0.320 e. The molecule has 0 aliphatic carbocycles. The van der Waals surface area contributed by atoms with Gasteiger partial charge in [0.05, 0.1) is 0 Å². The lowest BCUT2D eigenvalue weighted by Crippen LogP contribution is -2.40. The molecule has 1 rings (SSSR count). The largest absolute Gasteiger partial charge is 0.480 e. The van der Waals surface area contributed by atoms with Gasteiger partial charge in [-0.3, -0.25) is 14.3 Å². The molecule has 0 spiro atoms. The molecule has 24 heavy (non-hydrogen) atoms. The number of nitrogens with one attached hydrogen (secondary N) is 1. The van der Waals surface area contributed by atoms with Crippen LogP contribution in [0.5, 0.6) is 0 Å². The van der Waals surface area contributed by atoms with Crippen molar-refractivity contribution in [3.63, 3.8) is 0 Å². The van der Waals surface area contributed by atoms with Crippen LogP contribution in [0.2, 0.25) is 0 Å². The van der Waals surface area contributed by atoms with Crippen LogP contribution < -0.4 is 16.8 Å².